The van der Waals surface area contributed by atoms with Crippen LogP contribution in [-0.4, -0.2) is 35.0 Å². The molecule has 0 aliphatic carbocycles. The summed E-state index contributed by atoms with van der Waals surface area (Å²) in [5.74, 6) is -0.179. The van der Waals surface area contributed by atoms with Crippen molar-refractivity contribution in [2.45, 2.75) is 12.3 Å². The first-order chi connectivity index (χ1) is 8.36. The highest BCUT2D eigenvalue weighted by molar-refractivity contribution is 5.92. The van der Waals surface area contributed by atoms with Gasteiger partial charge in [0, 0.05) is 0 Å². The maximum Gasteiger partial charge on any atom is 0.324 e. The number of hydrogen-bond donors (Lipinski definition) is 3. The van der Waals surface area contributed by atoms with Crippen molar-refractivity contribution < 1.29 is 22.4 Å². The number of carbonyl (C=O) groups is 1. The monoisotopic (exact) mass is 267 g/mol. The molecule has 0 radical (unpaired) electrons. The summed E-state index contributed by atoms with van der Waals surface area (Å²) >= 11 is 0. The molecule has 0 saturated carbocycles. The molecule has 1 aromatic rings. The molecule has 18 heavy (non-hydrogen) atoms. The minimum atomic E-state index is -4.29. The number of anilines is 1. The van der Waals surface area contributed by atoms with Gasteiger partial charge in [-0.05, 0) is 12.1 Å². The van der Waals surface area contributed by atoms with Crippen molar-refractivity contribution in [3.63, 3.8) is 0 Å². The molecule has 0 aromatic carbocycles. The van der Waals surface area contributed by atoms with Gasteiger partial charge in [-0.3, -0.25) is 4.79 Å². The second-order valence-electron chi connectivity index (χ2n) is 3.19. The highest BCUT2D eigenvalue weighted by Crippen LogP contribution is 2.21. The normalized spacial score (nSPS) is 11.4. The summed E-state index contributed by atoms with van der Waals surface area (Å²) < 4.78 is 48.7. The largest absolute Gasteiger partial charge is 0.344 e. The minimum Gasteiger partial charge on any atom is -0.344 e. The number of nitrogens with two attached hydrogens (primary N) is 1. The van der Waals surface area contributed by atoms with Gasteiger partial charge in [-0.2, -0.15) is 8.78 Å². The van der Waals surface area contributed by atoms with Crippen molar-refractivity contribution in [2.24, 2.45) is 5.84 Å². The molecule has 10 heteroatoms. The van der Waals surface area contributed by atoms with Crippen LogP contribution in [0.5, 0.6) is 0 Å². The lowest BCUT2D eigenvalue weighted by Gasteiger charge is -2.15. The highest BCUT2D eigenvalue weighted by atomic mass is 19.3. The van der Waals surface area contributed by atoms with Gasteiger partial charge < -0.3 is 10.7 Å². The Morgan fingerprint density at radius 3 is 2.50 bits per heavy atom. The number of halogens is 4. The Labute approximate surface area is 98.5 Å². The molecule has 6 nitrogen and oxygen atoms in total. The lowest BCUT2D eigenvalue weighted by atomic mass is 10.3. The van der Waals surface area contributed by atoms with Gasteiger partial charge in [-0.25, -0.2) is 14.6 Å². The van der Waals surface area contributed by atoms with E-state index in [-0.39, 0.29) is 11.5 Å². The molecule has 0 spiro atoms. The standard InChI is InChI=1S/C8H9F4N5O/c9-7(10)8(11,12)3-14-6(18)4-1-2-5(15-13)17-16-4/h1-2,7H,3,13H2,(H,14,18)(H,15,17). The average molecular weight is 267 g/mol. The maximum atomic E-state index is 12.5. The summed E-state index contributed by atoms with van der Waals surface area (Å²) in [7, 11) is 0. The third kappa shape index (κ3) is 3.52. The number of rotatable bonds is 5. The fourth-order valence-electron chi connectivity index (χ4n) is 0.896. The number of aromatic nitrogens is 2. The van der Waals surface area contributed by atoms with Crippen molar-refractivity contribution in [3.05, 3.63) is 17.8 Å². The number of nitrogens with one attached hydrogen (secondary N) is 2. The van der Waals surface area contributed by atoms with Gasteiger partial charge in [0.25, 0.3) is 5.91 Å². The summed E-state index contributed by atoms with van der Waals surface area (Å²) in [6.45, 7) is -1.48. The van der Waals surface area contributed by atoms with Crippen LogP contribution >= 0.6 is 0 Å². The van der Waals surface area contributed by atoms with E-state index in [1.54, 1.807) is 5.32 Å². The van der Waals surface area contributed by atoms with Crippen molar-refractivity contribution in [1.82, 2.24) is 15.5 Å². The number of hydrazine groups is 1. The summed E-state index contributed by atoms with van der Waals surface area (Å²) in [6.07, 6.45) is -3.85. The van der Waals surface area contributed by atoms with E-state index in [1.165, 1.54) is 6.07 Å². The summed E-state index contributed by atoms with van der Waals surface area (Å²) in [5, 5.41) is 8.41. The maximum absolute atomic E-state index is 12.5. The molecule has 1 aromatic heterocycles. The van der Waals surface area contributed by atoms with Gasteiger partial charge in [0.15, 0.2) is 11.5 Å². The Balaban J connectivity index is 2.60. The van der Waals surface area contributed by atoms with E-state index in [9.17, 15) is 22.4 Å². The molecule has 1 amide bonds. The topological polar surface area (TPSA) is 92.9 Å². The lowest BCUT2D eigenvalue weighted by molar-refractivity contribution is -0.123. The third-order valence-electron chi connectivity index (χ3n) is 1.85. The van der Waals surface area contributed by atoms with Gasteiger partial charge in [-0.15, -0.1) is 10.2 Å². The van der Waals surface area contributed by atoms with Gasteiger partial charge in [-0.1, -0.05) is 0 Å². The predicted octanol–water partition coefficient (Wildman–Crippen LogP) is 0.392. The van der Waals surface area contributed by atoms with Crippen LogP contribution in [-0.2, 0) is 0 Å². The number of nitrogen functional groups attached to an aromatic ring is 1. The molecular formula is C8H9F4N5O. The second kappa shape index (κ2) is 5.58. The zero-order chi connectivity index (χ0) is 13.8. The van der Waals surface area contributed by atoms with E-state index in [4.69, 9.17) is 5.84 Å². The predicted molar refractivity (Wildman–Crippen MR) is 53.1 cm³/mol. The van der Waals surface area contributed by atoms with Gasteiger partial charge in [0.05, 0.1) is 6.54 Å². The highest BCUT2D eigenvalue weighted by Gasteiger charge is 2.40. The van der Waals surface area contributed by atoms with Gasteiger partial charge >= 0.3 is 12.3 Å². The number of nitrogens with zero attached hydrogens (tertiary/aromatic N) is 2. The van der Waals surface area contributed by atoms with Gasteiger partial charge in [0.2, 0.25) is 0 Å². The molecule has 1 heterocycles. The fraction of sp³-hybridized carbons (Fsp3) is 0.375. The summed E-state index contributed by atoms with van der Waals surface area (Å²) in [6, 6.07) is 2.42. The quantitative estimate of drug-likeness (QED) is 0.408. The molecule has 100 valence electrons. The van der Waals surface area contributed by atoms with E-state index < -0.39 is 24.8 Å². The number of alkyl halides is 4. The molecule has 0 fully saturated rings. The first-order valence-corrected chi connectivity index (χ1v) is 4.61. The van der Waals surface area contributed by atoms with Crippen molar-refractivity contribution >= 4 is 11.7 Å². The molecular weight excluding hydrogens is 258 g/mol. The van der Waals surface area contributed by atoms with Crippen molar-refractivity contribution in [1.29, 1.82) is 0 Å². The Hall–Kier alpha value is -1.97. The molecule has 0 aliphatic rings. The van der Waals surface area contributed by atoms with E-state index in [1.807, 2.05) is 0 Å². The van der Waals surface area contributed by atoms with E-state index in [2.05, 4.69) is 15.6 Å². The number of carbonyl (C=O) groups excluding carboxylic acids is 1. The second-order valence-corrected chi connectivity index (χ2v) is 3.19. The smallest absolute Gasteiger partial charge is 0.324 e. The van der Waals surface area contributed by atoms with Crippen LogP contribution in [0.3, 0.4) is 0 Å². The van der Waals surface area contributed by atoms with Gasteiger partial charge in [0.1, 0.15) is 0 Å². The Morgan fingerprint density at radius 2 is 2.06 bits per heavy atom. The van der Waals surface area contributed by atoms with Crippen molar-refractivity contribution in [2.75, 3.05) is 12.0 Å². The van der Waals surface area contributed by atoms with Crippen LogP contribution in [0.2, 0.25) is 0 Å². The zero-order valence-corrected chi connectivity index (χ0v) is 8.83. The fourth-order valence-corrected chi connectivity index (χ4v) is 0.896. The molecule has 0 aliphatic heterocycles. The average Bonchev–Trinajstić information content (AvgIpc) is 2.36. The van der Waals surface area contributed by atoms with Crippen LogP contribution < -0.4 is 16.6 Å². The Kier molecular flexibility index (Phi) is 4.37. The van der Waals surface area contributed by atoms with Crippen molar-refractivity contribution in [3.8, 4) is 0 Å². The molecule has 1 rings (SSSR count). The van der Waals surface area contributed by atoms with Crippen LogP contribution in [0.1, 0.15) is 10.5 Å². The summed E-state index contributed by atoms with van der Waals surface area (Å²) in [5.41, 5.74) is 1.85. The molecule has 0 bridgehead atoms. The third-order valence-corrected chi connectivity index (χ3v) is 1.85. The van der Waals surface area contributed by atoms with Crippen LogP contribution in [0.15, 0.2) is 12.1 Å². The SMILES string of the molecule is NNc1ccc(C(=O)NCC(F)(F)C(F)F)nn1. The molecule has 0 saturated heterocycles. The Morgan fingerprint density at radius 1 is 1.39 bits per heavy atom. The first kappa shape index (κ1) is 14.1. The first-order valence-electron chi connectivity index (χ1n) is 4.61. The van der Waals surface area contributed by atoms with Crippen LogP contribution in [0.4, 0.5) is 23.4 Å². The number of hydrogen-bond acceptors (Lipinski definition) is 5. The minimum absolute atomic E-state index is 0.157. The zero-order valence-electron chi connectivity index (χ0n) is 8.83. The number of amides is 1. The Bertz CT molecular complexity index is 410. The van der Waals surface area contributed by atoms with E-state index >= 15 is 0 Å². The van der Waals surface area contributed by atoms with Crippen LogP contribution in [0.25, 0.3) is 0 Å². The van der Waals surface area contributed by atoms with E-state index in [0.717, 1.165) is 6.07 Å². The lowest BCUT2D eigenvalue weighted by Crippen LogP contribution is -2.41. The van der Waals surface area contributed by atoms with E-state index in [0.29, 0.717) is 0 Å². The molecule has 4 N–H and O–H groups in total. The summed E-state index contributed by atoms with van der Waals surface area (Å²) in [4.78, 5) is 11.3. The van der Waals surface area contributed by atoms with Crippen LogP contribution in [0, 0.1) is 0 Å². The molecule has 0 unspecified atom stereocenters. The molecule has 0 atom stereocenters.